The first-order chi connectivity index (χ1) is 16.0. The molecule has 0 aliphatic carbocycles. The molecule has 1 atom stereocenters. The first kappa shape index (κ1) is 21.1. The van der Waals surface area contributed by atoms with Gasteiger partial charge in [-0.1, -0.05) is 41.1 Å². The Morgan fingerprint density at radius 2 is 1.97 bits per heavy atom. The summed E-state index contributed by atoms with van der Waals surface area (Å²) >= 11 is 7.41. The number of carbonyl (C=O) groups is 2. The SMILES string of the molecule is COc1cc(/C(O)=C2\C(=O)C(=O)N(c3nc4ccccc4s3)C2c2cccnc2)ccc1Cl. The van der Waals surface area contributed by atoms with Gasteiger partial charge in [0, 0.05) is 18.0 Å². The van der Waals surface area contributed by atoms with Crippen molar-refractivity contribution in [3.63, 3.8) is 0 Å². The maximum absolute atomic E-state index is 13.2. The Morgan fingerprint density at radius 3 is 2.70 bits per heavy atom. The molecule has 1 saturated heterocycles. The van der Waals surface area contributed by atoms with E-state index >= 15 is 0 Å². The fraction of sp³-hybridized carbons (Fsp3) is 0.0833. The number of anilines is 1. The number of aliphatic hydroxyl groups excluding tert-OH is 1. The number of nitrogens with zero attached hydrogens (tertiary/aromatic N) is 3. The normalized spacial score (nSPS) is 17.6. The Bertz CT molecular complexity index is 1400. The third kappa shape index (κ3) is 3.53. The number of methoxy groups -OCH3 is 1. The Morgan fingerprint density at radius 1 is 1.15 bits per heavy atom. The van der Waals surface area contributed by atoms with Crippen LogP contribution in [0.2, 0.25) is 5.02 Å². The first-order valence-electron chi connectivity index (χ1n) is 9.90. The number of fused-ring (bicyclic) bond motifs is 1. The summed E-state index contributed by atoms with van der Waals surface area (Å²) in [6.07, 6.45) is 3.16. The van der Waals surface area contributed by atoms with Crippen molar-refractivity contribution in [3.05, 3.63) is 88.7 Å². The van der Waals surface area contributed by atoms with Crippen LogP contribution in [0.5, 0.6) is 5.75 Å². The van der Waals surface area contributed by atoms with Gasteiger partial charge in [0.15, 0.2) is 5.13 Å². The number of aromatic nitrogens is 2. The number of hydrogen-bond donors (Lipinski definition) is 1. The second-order valence-electron chi connectivity index (χ2n) is 7.27. The number of thiazole rings is 1. The molecule has 1 unspecified atom stereocenters. The zero-order valence-electron chi connectivity index (χ0n) is 17.2. The smallest absolute Gasteiger partial charge is 0.301 e. The summed E-state index contributed by atoms with van der Waals surface area (Å²) in [6.45, 7) is 0. The lowest BCUT2D eigenvalue weighted by molar-refractivity contribution is -0.132. The lowest BCUT2D eigenvalue weighted by Crippen LogP contribution is -2.29. The average Bonchev–Trinajstić information content (AvgIpc) is 3.38. The fourth-order valence-electron chi connectivity index (χ4n) is 3.81. The van der Waals surface area contributed by atoms with E-state index in [9.17, 15) is 14.7 Å². The molecule has 33 heavy (non-hydrogen) atoms. The molecule has 1 aliphatic rings. The van der Waals surface area contributed by atoms with Crippen molar-refractivity contribution in [2.24, 2.45) is 0 Å². The van der Waals surface area contributed by atoms with Gasteiger partial charge in [0.2, 0.25) is 0 Å². The number of carbonyl (C=O) groups excluding carboxylic acids is 2. The van der Waals surface area contributed by atoms with Gasteiger partial charge in [-0.05, 0) is 42.0 Å². The number of amides is 1. The predicted octanol–water partition coefficient (Wildman–Crippen LogP) is 4.98. The maximum Gasteiger partial charge on any atom is 0.301 e. The number of halogens is 1. The van der Waals surface area contributed by atoms with Gasteiger partial charge in [-0.15, -0.1) is 0 Å². The van der Waals surface area contributed by atoms with Crippen molar-refractivity contribution >= 4 is 55.7 Å². The number of hydrogen-bond acceptors (Lipinski definition) is 7. The fourth-order valence-corrected chi connectivity index (χ4v) is 5.00. The molecule has 3 heterocycles. The highest BCUT2D eigenvalue weighted by molar-refractivity contribution is 7.22. The Labute approximate surface area is 197 Å². The van der Waals surface area contributed by atoms with E-state index < -0.39 is 17.7 Å². The van der Waals surface area contributed by atoms with Gasteiger partial charge in [-0.25, -0.2) is 4.98 Å². The molecule has 1 amide bonds. The van der Waals surface area contributed by atoms with Crippen LogP contribution in [0.15, 0.2) is 72.6 Å². The molecule has 0 saturated carbocycles. The van der Waals surface area contributed by atoms with Gasteiger partial charge in [-0.2, -0.15) is 0 Å². The zero-order chi connectivity index (χ0) is 23.1. The lowest BCUT2D eigenvalue weighted by Gasteiger charge is -2.22. The predicted molar refractivity (Wildman–Crippen MR) is 127 cm³/mol. The van der Waals surface area contributed by atoms with Crippen molar-refractivity contribution in [2.45, 2.75) is 6.04 Å². The number of ether oxygens (including phenoxy) is 1. The summed E-state index contributed by atoms with van der Waals surface area (Å²) in [4.78, 5) is 36.5. The van der Waals surface area contributed by atoms with Gasteiger partial charge >= 0.3 is 5.91 Å². The highest BCUT2D eigenvalue weighted by atomic mass is 35.5. The quantitative estimate of drug-likeness (QED) is 0.253. The second-order valence-corrected chi connectivity index (χ2v) is 8.69. The molecule has 0 radical (unpaired) electrons. The van der Waals surface area contributed by atoms with Crippen LogP contribution in [-0.2, 0) is 9.59 Å². The number of ketones is 1. The van der Waals surface area contributed by atoms with Crippen LogP contribution in [0.3, 0.4) is 0 Å². The Hall–Kier alpha value is -3.75. The largest absolute Gasteiger partial charge is 0.507 e. The minimum Gasteiger partial charge on any atom is -0.507 e. The molecule has 2 aromatic carbocycles. The summed E-state index contributed by atoms with van der Waals surface area (Å²) in [6, 6.07) is 14.7. The Kier molecular flexibility index (Phi) is 5.32. The topological polar surface area (TPSA) is 92.6 Å². The van der Waals surface area contributed by atoms with E-state index in [4.69, 9.17) is 16.3 Å². The molecule has 164 valence electrons. The molecule has 4 aromatic rings. The van der Waals surface area contributed by atoms with E-state index in [0.29, 0.717) is 32.5 Å². The van der Waals surface area contributed by atoms with Crippen molar-refractivity contribution in [3.8, 4) is 5.75 Å². The van der Waals surface area contributed by atoms with Crippen molar-refractivity contribution in [1.82, 2.24) is 9.97 Å². The second kappa shape index (κ2) is 8.31. The highest BCUT2D eigenvalue weighted by Gasteiger charge is 2.48. The van der Waals surface area contributed by atoms with E-state index in [1.807, 2.05) is 24.3 Å². The van der Waals surface area contributed by atoms with E-state index in [1.54, 1.807) is 36.7 Å². The number of pyridine rings is 1. The summed E-state index contributed by atoms with van der Waals surface area (Å²) in [7, 11) is 1.45. The number of rotatable bonds is 4. The van der Waals surface area contributed by atoms with E-state index in [0.717, 1.165) is 4.70 Å². The number of para-hydroxylation sites is 1. The molecule has 7 nitrogen and oxygen atoms in total. The van der Waals surface area contributed by atoms with Crippen LogP contribution in [0.1, 0.15) is 17.2 Å². The summed E-state index contributed by atoms with van der Waals surface area (Å²) in [5.74, 6) is -1.58. The van der Waals surface area contributed by atoms with Gasteiger partial charge in [0.1, 0.15) is 11.5 Å². The monoisotopic (exact) mass is 477 g/mol. The number of benzene rings is 2. The molecule has 5 rings (SSSR count). The molecular formula is C24H16ClN3O4S. The maximum atomic E-state index is 13.2. The van der Waals surface area contributed by atoms with Crippen molar-refractivity contribution in [2.75, 3.05) is 12.0 Å². The van der Waals surface area contributed by atoms with Gasteiger partial charge in [0.25, 0.3) is 5.78 Å². The molecule has 9 heteroatoms. The summed E-state index contributed by atoms with van der Waals surface area (Å²) in [5, 5.41) is 11.9. The molecule has 1 N–H and O–H groups in total. The van der Waals surface area contributed by atoms with Crippen LogP contribution >= 0.6 is 22.9 Å². The minimum atomic E-state index is -0.902. The average molecular weight is 478 g/mol. The molecule has 2 aromatic heterocycles. The first-order valence-corrected chi connectivity index (χ1v) is 11.1. The van der Waals surface area contributed by atoms with E-state index in [-0.39, 0.29) is 11.3 Å². The number of Topliss-reactive ketones (excluding diaryl/α,β-unsaturated/α-hetero) is 1. The minimum absolute atomic E-state index is 0.0587. The molecular weight excluding hydrogens is 462 g/mol. The molecule has 0 spiro atoms. The van der Waals surface area contributed by atoms with Crippen molar-refractivity contribution < 1.29 is 19.4 Å². The van der Waals surface area contributed by atoms with E-state index in [2.05, 4.69) is 9.97 Å². The van der Waals surface area contributed by atoms with Crippen LogP contribution in [-0.4, -0.2) is 33.9 Å². The third-order valence-electron chi connectivity index (χ3n) is 5.36. The van der Waals surface area contributed by atoms with Gasteiger partial charge in [0.05, 0.1) is 34.0 Å². The number of aliphatic hydroxyl groups is 1. The van der Waals surface area contributed by atoms with Gasteiger partial charge in [-0.3, -0.25) is 19.5 Å². The van der Waals surface area contributed by atoms with Crippen LogP contribution in [0.25, 0.3) is 16.0 Å². The summed E-state index contributed by atoms with van der Waals surface area (Å²) in [5.41, 5.74) is 1.52. The van der Waals surface area contributed by atoms with Crippen LogP contribution in [0.4, 0.5) is 5.13 Å². The van der Waals surface area contributed by atoms with Gasteiger partial charge < -0.3 is 9.84 Å². The molecule has 1 fully saturated rings. The van der Waals surface area contributed by atoms with E-state index in [1.165, 1.54) is 29.4 Å². The lowest BCUT2D eigenvalue weighted by atomic mass is 9.96. The van der Waals surface area contributed by atoms with Crippen LogP contribution < -0.4 is 9.64 Å². The van der Waals surface area contributed by atoms with Crippen LogP contribution in [0, 0.1) is 0 Å². The summed E-state index contributed by atoms with van der Waals surface area (Å²) < 4.78 is 6.11. The standard InChI is InChI=1S/C24H16ClN3O4S/c1-32-17-11-13(8-9-15(17)25)21(29)19-20(14-5-4-10-26-12-14)28(23(31)22(19)30)24-27-16-6-2-3-7-18(16)33-24/h2-12,20,29H,1H3/b21-19+. The third-order valence-corrected chi connectivity index (χ3v) is 6.71. The Balaban J connectivity index is 1.73. The van der Waals surface area contributed by atoms with Crippen molar-refractivity contribution in [1.29, 1.82) is 0 Å². The zero-order valence-corrected chi connectivity index (χ0v) is 18.8. The highest BCUT2D eigenvalue weighted by Crippen LogP contribution is 2.44. The molecule has 1 aliphatic heterocycles. The molecule has 0 bridgehead atoms.